The maximum atomic E-state index is 12.1. The summed E-state index contributed by atoms with van der Waals surface area (Å²) in [7, 11) is 0. The van der Waals surface area contributed by atoms with Crippen LogP contribution in [0, 0.1) is 17.0 Å². The molecule has 6 heteroatoms. The maximum absolute atomic E-state index is 12.1. The van der Waals surface area contributed by atoms with E-state index in [0.29, 0.717) is 16.3 Å². The molecule has 0 fully saturated rings. The zero-order chi connectivity index (χ0) is 16.4. The Labute approximate surface area is 136 Å². The van der Waals surface area contributed by atoms with Crippen LogP contribution in [0.25, 0.3) is 6.08 Å². The number of hydrogen-bond donors (Lipinski definition) is 0. The number of nitro groups is 1. The number of rotatable bonds is 3. The Morgan fingerprint density at radius 3 is 2.61 bits per heavy atom. The molecule has 0 spiro atoms. The number of carbonyl (C=O) groups is 1. The first-order valence-electron chi connectivity index (χ1n) is 6.87. The van der Waals surface area contributed by atoms with E-state index in [1.54, 1.807) is 18.2 Å². The SMILES string of the molecule is Cc1ccc(C2=NC(=Cc3cccc([N+](=O)[O-])c3)C(=O)S2)cc1. The normalized spacial score (nSPS) is 15.8. The molecule has 0 aliphatic carbocycles. The molecular weight excluding hydrogens is 312 g/mol. The van der Waals surface area contributed by atoms with Crippen LogP contribution < -0.4 is 0 Å². The van der Waals surface area contributed by atoms with Crippen LogP contribution in [-0.4, -0.2) is 15.1 Å². The molecule has 2 aromatic rings. The standard InChI is InChI=1S/C17H12N2O3S/c1-11-5-7-13(8-6-11)16-18-15(17(20)23-16)10-12-3-2-4-14(9-12)19(21)22/h2-10H,1H3. The molecule has 1 aliphatic heterocycles. The van der Waals surface area contributed by atoms with Gasteiger partial charge in [0, 0.05) is 17.7 Å². The highest BCUT2D eigenvalue weighted by Gasteiger charge is 2.23. The van der Waals surface area contributed by atoms with Gasteiger partial charge in [0.1, 0.15) is 10.7 Å². The smallest absolute Gasteiger partial charge is 0.270 e. The van der Waals surface area contributed by atoms with Crippen molar-refractivity contribution in [2.45, 2.75) is 6.92 Å². The lowest BCUT2D eigenvalue weighted by Crippen LogP contribution is -1.92. The predicted octanol–water partition coefficient (Wildman–Crippen LogP) is 3.96. The molecule has 0 N–H and O–H groups in total. The molecule has 0 bridgehead atoms. The van der Waals surface area contributed by atoms with E-state index in [4.69, 9.17) is 0 Å². The largest absolute Gasteiger partial charge is 0.279 e. The van der Waals surface area contributed by atoms with Gasteiger partial charge in [0.2, 0.25) is 5.12 Å². The number of benzene rings is 2. The zero-order valence-electron chi connectivity index (χ0n) is 12.2. The lowest BCUT2D eigenvalue weighted by molar-refractivity contribution is -0.384. The van der Waals surface area contributed by atoms with Gasteiger partial charge in [-0.15, -0.1) is 0 Å². The summed E-state index contributed by atoms with van der Waals surface area (Å²) >= 11 is 1.07. The summed E-state index contributed by atoms with van der Waals surface area (Å²) in [6, 6.07) is 13.9. The Kier molecular flexibility index (Phi) is 4.08. The van der Waals surface area contributed by atoms with Gasteiger partial charge in [0.15, 0.2) is 0 Å². The monoisotopic (exact) mass is 324 g/mol. The van der Waals surface area contributed by atoms with Gasteiger partial charge in [-0.05, 0) is 30.3 Å². The summed E-state index contributed by atoms with van der Waals surface area (Å²) in [6.45, 7) is 1.99. The molecule has 5 nitrogen and oxygen atoms in total. The summed E-state index contributed by atoms with van der Waals surface area (Å²) < 4.78 is 0. The van der Waals surface area contributed by atoms with Crippen LogP contribution >= 0.6 is 11.8 Å². The lowest BCUT2D eigenvalue weighted by Gasteiger charge is -1.98. The highest BCUT2D eigenvalue weighted by molar-refractivity contribution is 8.27. The summed E-state index contributed by atoms with van der Waals surface area (Å²) in [5.41, 5.74) is 2.88. The first kappa shape index (κ1) is 15.2. The molecule has 0 saturated carbocycles. The minimum Gasteiger partial charge on any atom is -0.279 e. The number of thioether (sulfide) groups is 1. The van der Waals surface area contributed by atoms with E-state index in [0.717, 1.165) is 22.9 Å². The second-order valence-electron chi connectivity index (χ2n) is 5.05. The highest BCUT2D eigenvalue weighted by atomic mass is 32.2. The summed E-state index contributed by atoms with van der Waals surface area (Å²) in [5.74, 6) is 0. The van der Waals surface area contributed by atoms with Crippen LogP contribution in [0.5, 0.6) is 0 Å². The van der Waals surface area contributed by atoms with Crippen molar-refractivity contribution in [3.8, 4) is 0 Å². The van der Waals surface area contributed by atoms with Crippen LogP contribution in [0.4, 0.5) is 5.69 Å². The van der Waals surface area contributed by atoms with E-state index in [9.17, 15) is 14.9 Å². The van der Waals surface area contributed by atoms with Gasteiger partial charge >= 0.3 is 0 Å². The minimum absolute atomic E-state index is 0.0137. The van der Waals surface area contributed by atoms with Crippen molar-refractivity contribution in [3.63, 3.8) is 0 Å². The van der Waals surface area contributed by atoms with Crippen LogP contribution in [0.15, 0.2) is 59.2 Å². The van der Waals surface area contributed by atoms with Crippen LogP contribution in [0.3, 0.4) is 0 Å². The van der Waals surface area contributed by atoms with E-state index < -0.39 is 4.92 Å². The van der Waals surface area contributed by atoms with Gasteiger partial charge in [-0.1, -0.05) is 42.0 Å². The minimum atomic E-state index is -0.464. The molecule has 1 aliphatic rings. The highest BCUT2D eigenvalue weighted by Crippen LogP contribution is 2.29. The number of carbonyl (C=O) groups excluding carboxylic acids is 1. The van der Waals surface area contributed by atoms with Crippen molar-refractivity contribution in [1.82, 2.24) is 0 Å². The van der Waals surface area contributed by atoms with E-state index in [1.165, 1.54) is 12.1 Å². The van der Waals surface area contributed by atoms with E-state index in [-0.39, 0.29) is 10.8 Å². The van der Waals surface area contributed by atoms with Gasteiger partial charge < -0.3 is 0 Å². The van der Waals surface area contributed by atoms with Crippen molar-refractivity contribution in [1.29, 1.82) is 0 Å². The first-order valence-corrected chi connectivity index (χ1v) is 7.68. The molecule has 0 aromatic heterocycles. The number of non-ortho nitro benzene ring substituents is 1. The second-order valence-corrected chi connectivity index (χ2v) is 6.02. The van der Waals surface area contributed by atoms with Gasteiger partial charge in [-0.3, -0.25) is 14.9 Å². The van der Waals surface area contributed by atoms with Gasteiger partial charge in [0.25, 0.3) is 5.69 Å². The number of nitrogens with zero attached hydrogens (tertiary/aromatic N) is 2. The number of nitro benzene ring substituents is 1. The molecule has 1 heterocycles. The summed E-state index contributed by atoms with van der Waals surface area (Å²) in [5, 5.41) is 11.3. The maximum Gasteiger partial charge on any atom is 0.270 e. The van der Waals surface area contributed by atoms with Crippen molar-refractivity contribution >= 4 is 33.7 Å². The van der Waals surface area contributed by atoms with Crippen molar-refractivity contribution in [2.24, 2.45) is 4.99 Å². The summed E-state index contributed by atoms with van der Waals surface area (Å²) in [6.07, 6.45) is 1.57. The molecule has 0 unspecified atom stereocenters. The van der Waals surface area contributed by atoms with Crippen LogP contribution in [0.1, 0.15) is 16.7 Å². The fraction of sp³-hybridized carbons (Fsp3) is 0.0588. The zero-order valence-corrected chi connectivity index (χ0v) is 13.0. The molecular formula is C17H12N2O3S. The van der Waals surface area contributed by atoms with E-state index in [1.807, 2.05) is 31.2 Å². The topological polar surface area (TPSA) is 72.6 Å². The Balaban J connectivity index is 1.93. The molecule has 3 rings (SSSR count). The van der Waals surface area contributed by atoms with Crippen LogP contribution in [0.2, 0.25) is 0 Å². The predicted molar refractivity (Wildman–Crippen MR) is 91.4 cm³/mol. The Bertz CT molecular complexity index is 854. The molecule has 23 heavy (non-hydrogen) atoms. The van der Waals surface area contributed by atoms with Gasteiger partial charge in [-0.25, -0.2) is 4.99 Å². The van der Waals surface area contributed by atoms with E-state index in [2.05, 4.69) is 4.99 Å². The third-order valence-corrected chi connectivity index (χ3v) is 4.22. The third-order valence-electron chi connectivity index (χ3n) is 3.30. The molecule has 0 radical (unpaired) electrons. The fourth-order valence-corrected chi connectivity index (χ4v) is 2.90. The molecule has 0 amide bonds. The quantitative estimate of drug-likeness (QED) is 0.486. The number of aryl methyl sites for hydroxylation is 1. The van der Waals surface area contributed by atoms with Gasteiger partial charge in [-0.2, -0.15) is 0 Å². The molecule has 0 saturated heterocycles. The first-order chi connectivity index (χ1) is 11.0. The lowest BCUT2D eigenvalue weighted by atomic mass is 10.1. The Hall–Kier alpha value is -2.73. The average Bonchev–Trinajstić information content (AvgIpc) is 2.89. The van der Waals surface area contributed by atoms with Crippen molar-refractivity contribution < 1.29 is 9.72 Å². The second kappa shape index (κ2) is 6.18. The number of aliphatic imine (C=N–C) groups is 1. The van der Waals surface area contributed by atoms with Crippen molar-refractivity contribution in [2.75, 3.05) is 0 Å². The molecule has 114 valence electrons. The Morgan fingerprint density at radius 2 is 1.91 bits per heavy atom. The molecule has 0 atom stereocenters. The average molecular weight is 324 g/mol. The Morgan fingerprint density at radius 1 is 1.17 bits per heavy atom. The van der Waals surface area contributed by atoms with Crippen molar-refractivity contribution in [3.05, 3.63) is 81.0 Å². The van der Waals surface area contributed by atoms with Crippen LogP contribution in [-0.2, 0) is 4.79 Å². The van der Waals surface area contributed by atoms with Gasteiger partial charge in [0.05, 0.1) is 4.92 Å². The molecule has 2 aromatic carbocycles. The fourth-order valence-electron chi connectivity index (χ4n) is 2.11. The van der Waals surface area contributed by atoms with E-state index >= 15 is 0 Å². The number of hydrogen-bond acceptors (Lipinski definition) is 5. The third kappa shape index (κ3) is 3.37. The summed E-state index contributed by atoms with van der Waals surface area (Å²) in [4.78, 5) is 26.8.